The Morgan fingerprint density at radius 2 is 1.95 bits per heavy atom. The molecular weight excluding hydrogens is 272 g/mol. The van der Waals surface area contributed by atoms with Gasteiger partial charge in [0, 0.05) is 13.7 Å². The predicted molar refractivity (Wildman–Crippen MR) is 73.2 cm³/mol. The summed E-state index contributed by atoms with van der Waals surface area (Å²) in [6, 6.07) is -1.65. The molecule has 0 aromatic rings. The van der Waals surface area contributed by atoms with Crippen LogP contribution in [-0.4, -0.2) is 53.7 Å². The minimum absolute atomic E-state index is 0. The van der Waals surface area contributed by atoms with Crippen molar-refractivity contribution in [2.45, 2.75) is 45.4 Å². The second-order valence-electron chi connectivity index (χ2n) is 5.72. The highest BCUT2D eigenvalue weighted by atomic mass is 35.5. The first-order chi connectivity index (χ1) is 8.20. The van der Waals surface area contributed by atoms with Crippen LogP contribution in [0.15, 0.2) is 0 Å². The number of nitrogens with zero attached hydrogens (tertiary/aromatic N) is 1. The lowest BCUT2D eigenvalue weighted by atomic mass is 9.86. The smallest absolute Gasteiger partial charge is 0.329 e. The molecular formula is C12H23ClN2O4. The molecule has 6 nitrogen and oxygen atoms in total. The Morgan fingerprint density at radius 1 is 1.42 bits per heavy atom. The van der Waals surface area contributed by atoms with E-state index >= 15 is 0 Å². The van der Waals surface area contributed by atoms with Gasteiger partial charge in [0.15, 0.2) is 6.04 Å². The number of carboxylic acid groups (broad SMARTS) is 1. The molecule has 1 saturated heterocycles. The zero-order valence-electron chi connectivity index (χ0n) is 11.8. The molecule has 1 amide bonds. The fraction of sp³-hybridized carbons (Fsp3) is 0.833. The average molecular weight is 295 g/mol. The van der Waals surface area contributed by atoms with E-state index in [2.05, 4.69) is 0 Å². The third-order valence-corrected chi connectivity index (χ3v) is 3.38. The van der Waals surface area contributed by atoms with Crippen molar-refractivity contribution >= 4 is 24.3 Å². The van der Waals surface area contributed by atoms with E-state index in [0.717, 1.165) is 0 Å². The maximum atomic E-state index is 12.3. The Morgan fingerprint density at radius 3 is 2.32 bits per heavy atom. The van der Waals surface area contributed by atoms with Crippen LogP contribution in [0, 0.1) is 5.41 Å². The molecule has 0 saturated carbocycles. The van der Waals surface area contributed by atoms with Gasteiger partial charge < -0.3 is 20.5 Å². The van der Waals surface area contributed by atoms with Crippen molar-refractivity contribution in [3.05, 3.63) is 0 Å². The Kier molecular flexibility index (Phi) is 6.25. The maximum Gasteiger partial charge on any atom is 0.329 e. The lowest BCUT2D eigenvalue weighted by Gasteiger charge is -2.32. The molecule has 0 bridgehead atoms. The second kappa shape index (κ2) is 6.54. The van der Waals surface area contributed by atoms with Crippen molar-refractivity contribution < 1.29 is 19.4 Å². The Labute approximate surface area is 119 Å². The number of aliphatic carboxylic acids is 1. The molecule has 0 aromatic heterocycles. The van der Waals surface area contributed by atoms with E-state index in [-0.39, 0.29) is 18.3 Å². The van der Waals surface area contributed by atoms with Gasteiger partial charge in [0.25, 0.3) is 0 Å². The number of carbonyl (C=O) groups is 2. The van der Waals surface area contributed by atoms with Crippen LogP contribution in [0.1, 0.15) is 27.2 Å². The van der Waals surface area contributed by atoms with Crippen molar-refractivity contribution in [3.63, 3.8) is 0 Å². The Balaban J connectivity index is 0.00000324. The number of amides is 1. The maximum absolute atomic E-state index is 12.3. The van der Waals surface area contributed by atoms with Crippen LogP contribution in [0.3, 0.4) is 0 Å². The largest absolute Gasteiger partial charge is 0.480 e. The number of halogens is 1. The SMILES string of the molecule is CO[C@@H]1CCN(C(=O)[C@@H](N)C(C)(C)C)[C@@H]1C(=O)O.Cl. The molecule has 112 valence electrons. The van der Waals surface area contributed by atoms with Crippen LogP contribution in [0.2, 0.25) is 0 Å². The number of carbonyl (C=O) groups excluding carboxylic acids is 1. The van der Waals surface area contributed by atoms with Gasteiger partial charge in [-0.3, -0.25) is 4.79 Å². The van der Waals surface area contributed by atoms with E-state index in [0.29, 0.717) is 13.0 Å². The van der Waals surface area contributed by atoms with Crippen LogP contribution in [-0.2, 0) is 14.3 Å². The first-order valence-electron chi connectivity index (χ1n) is 6.01. The van der Waals surface area contributed by atoms with E-state index in [1.165, 1.54) is 12.0 Å². The summed E-state index contributed by atoms with van der Waals surface area (Å²) >= 11 is 0. The summed E-state index contributed by atoms with van der Waals surface area (Å²) < 4.78 is 5.12. The number of ether oxygens (including phenoxy) is 1. The molecule has 0 aliphatic carbocycles. The monoisotopic (exact) mass is 294 g/mol. The van der Waals surface area contributed by atoms with E-state index in [9.17, 15) is 14.7 Å². The molecule has 1 heterocycles. The summed E-state index contributed by atoms with van der Waals surface area (Å²) in [5.41, 5.74) is 5.50. The summed E-state index contributed by atoms with van der Waals surface area (Å²) in [5, 5.41) is 9.20. The van der Waals surface area contributed by atoms with Crippen LogP contribution < -0.4 is 5.73 Å². The average Bonchev–Trinajstić information content (AvgIpc) is 2.69. The molecule has 1 fully saturated rings. The minimum Gasteiger partial charge on any atom is -0.480 e. The fourth-order valence-corrected chi connectivity index (χ4v) is 2.10. The quantitative estimate of drug-likeness (QED) is 0.790. The normalized spacial score (nSPS) is 24.8. The minimum atomic E-state index is -1.05. The molecule has 0 radical (unpaired) electrons. The van der Waals surface area contributed by atoms with Crippen LogP contribution in [0.4, 0.5) is 0 Å². The van der Waals surface area contributed by atoms with Gasteiger partial charge in [-0.15, -0.1) is 12.4 Å². The number of likely N-dealkylation sites (tertiary alicyclic amines) is 1. The lowest BCUT2D eigenvalue weighted by Crippen LogP contribution is -2.55. The highest BCUT2D eigenvalue weighted by Crippen LogP contribution is 2.25. The topological polar surface area (TPSA) is 92.9 Å². The van der Waals surface area contributed by atoms with Gasteiger partial charge in [-0.05, 0) is 11.8 Å². The first kappa shape index (κ1) is 18.1. The van der Waals surface area contributed by atoms with Crippen LogP contribution in [0.25, 0.3) is 0 Å². The molecule has 3 N–H and O–H groups in total. The predicted octanol–water partition coefficient (Wildman–Crippen LogP) is 0.482. The molecule has 0 aromatic carbocycles. The van der Waals surface area contributed by atoms with Gasteiger partial charge >= 0.3 is 5.97 Å². The van der Waals surface area contributed by atoms with Gasteiger partial charge in [0.2, 0.25) is 5.91 Å². The first-order valence-corrected chi connectivity index (χ1v) is 6.01. The summed E-state index contributed by atoms with van der Waals surface area (Å²) in [7, 11) is 1.46. The number of carboxylic acids is 1. The molecule has 19 heavy (non-hydrogen) atoms. The van der Waals surface area contributed by atoms with Gasteiger partial charge in [-0.2, -0.15) is 0 Å². The van der Waals surface area contributed by atoms with Crippen molar-refractivity contribution in [3.8, 4) is 0 Å². The number of rotatable bonds is 3. The zero-order valence-corrected chi connectivity index (χ0v) is 12.6. The molecule has 1 rings (SSSR count). The Bertz CT molecular complexity index is 343. The molecule has 7 heteroatoms. The van der Waals surface area contributed by atoms with Gasteiger partial charge in [-0.1, -0.05) is 20.8 Å². The van der Waals surface area contributed by atoms with Crippen LogP contribution in [0.5, 0.6) is 0 Å². The third kappa shape index (κ3) is 3.81. The van der Waals surface area contributed by atoms with Crippen LogP contribution >= 0.6 is 12.4 Å². The highest BCUT2D eigenvalue weighted by molar-refractivity contribution is 5.88. The molecule has 1 aliphatic heterocycles. The Hall–Kier alpha value is -0.850. The van der Waals surface area contributed by atoms with Gasteiger partial charge in [0.1, 0.15) is 0 Å². The number of methoxy groups -OCH3 is 1. The van der Waals surface area contributed by atoms with E-state index < -0.39 is 29.6 Å². The summed E-state index contributed by atoms with van der Waals surface area (Å²) in [6.07, 6.45) is 0.0643. The zero-order chi connectivity index (χ0) is 14.1. The summed E-state index contributed by atoms with van der Waals surface area (Å²) in [4.78, 5) is 24.8. The molecule has 3 atom stereocenters. The van der Waals surface area contributed by atoms with Crippen molar-refractivity contribution in [2.24, 2.45) is 11.1 Å². The number of hydrogen-bond acceptors (Lipinski definition) is 4. The number of nitrogens with two attached hydrogens (primary N) is 1. The van der Waals surface area contributed by atoms with Gasteiger partial charge in [-0.25, -0.2) is 4.79 Å². The van der Waals surface area contributed by atoms with E-state index in [1.807, 2.05) is 20.8 Å². The molecule has 0 unspecified atom stereocenters. The molecule has 0 spiro atoms. The van der Waals surface area contributed by atoms with E-state index in [4.69, 9.17) is 10.5 Å². The highest BCUT2D eigenvalue weighted by Gasteiger charge is 2.45. The number of hydrogen-bond donors (Lipinski definition) is 2. The fourth-order valence-electron chi connectivity index (χ4n) is 2.10. The van der Waals surface area contributed by atoms with E-state index in [1.54, 1.807) is 0 Å². The third-order valence-electron chi connectivity index (χ3n) is 3.38. The standard InChI is InChI=1S/C12H22N2O4.ClH/c1-12(2,3)9(13)10(15)14-6-5-7(18-4)8(14)11(16)17;/h7-9H,5-6,13H2,1-4H3,(H,16,17);1H/t7-,8+,9-;/m1./s1. The van der Waals surface area contributed by atoms with Crippen molar-refractivity contribution in [1.29, 1.82) is 0 Å². The summed E-state index contributed by atoms with van der Waals surface area (Å²) in [6.45, 7) is 5.94. The van der Waals surface area contributed by atoms with Crippen molar-refractivity contribution in [1.82, 2.24) is 4.90 Å². The summed E-state index contributed by atoms with van der Waals surface area (Å²) in [5.74, 6) is -1.37. The molecule has 1 aliphatic rings. The van der Waals surface area contributed by atoms with Gasteiger partial charge in [0.05, 0.1) is 12.1 Å². The lowest BCUT2D eigenvalue weighted by molar-refractivity contribution is -0.153. The second-order valence-corrected chi connectivity index (χ2v) is 5.72. The van der Waals surface area contributed by atoms with Crippen molar-refractivity contribution in [2.75, 3.05) is 13.7 Å².